The Morgan fingerprint density at radius 2 is 1.71 bits per heavy atom. The number of amides is 1. The quantitative estimate of drug-likeness (QED) is 0.423. The van der Waals surface area contributed by atoms with Crippen LogP contribution in [0, 0.1) is 16.0 Å². The number of aromatic nitrogens is 2. The molecule has 1 atom stereocenters. The predicted octanol–water partition coefficient (Wildman–Crippen LogP) is 4.05. The fraction of sp³-hybridized carbons (Fsp3) is 0.583. The Labute approximate surface area is 204 Å². The smallest absolute Gasteiger partial charge is 0.414 e. The van der Waals surface area contributed by atoms with Crippen molar-refractivity contribution in [2.45, 2.75) is 58.3 Å². The number of carbonyl (C=O) groups is 1. The molecule has 3 heterocycles. The fourth-order valence-corrected chi connectivity index (χ4v) is 3.98. The molecule has 2 aliphatic heterocycles. The van der Waals surface area contributed by atoms with Gasteiger partial charge in [0.2, 0.25) is 0 Å². The van der Waals surface area contributed by atoms with Gasteiger partial charge in [-0.25, -0.2) is 4.79 Å². The van der Waals surface area contributed by atoms with Gasteiger partial charge >= 0.3 is 17.9 Å². The Balaban J connectivity index is 1.17. The average molecular weight is 489 g/mol. The predicted molar refractivity (Wildman–Crippen MR) is 126 cm³/mol. The van der Waals surface area contributed by atoms with Gasteiger partial charge in [-0.1, -0.05) is 0 Å². The maximum absolute atomic E-state index is 12.2. The molecule has 4 rings (SSSR count). The topological polar surface area (TPSA) is 118 Å². The summed E-state index contributed by atoms with van der Waals surface area (Å²) in [7, 11) is 0. The lowest BCUT2D eigenvalue weighted by atomic mass is 9.98. The third kappa shape index (κ3) is 6.77. The third-order valence-corrected chi connectivity index (χ3v) is 5.89. The minimum atomic E-state index is -0.531. The second-order valence-electron chi connectivity index (χ2n) is 9.86. The molecule has 0 aliphatic carbocycles. The number of benzene rings is 1. The molecule has 11 nitrogen and oxygen atoms in total. The van der Waals surface area contributed by atoms with Gasteiger partial charge in [0.15, 0.2) is 0 Å². The second-order valence-corrected chi connectivity index (χ2v) is 9.86. The van der Waals surface area contributed by atoms with E-state index in [0.717, 1.165) is 18.6 Å². The van der Waals surface area contributed by atoms with Crippen molar-refractivity contribution in [3.63, 3.8) is 0 Å². The summed E-state index contributed by atoms with van der Waals surface area (Å²) in [4.78, 5) is 28.2. The Hall–Kier alpha value is -3.50. The lowest BCUT2D eigenvalue weighted by Gasteiger charge is -2.33. The van der Waals surface area contributed by atoms with Crippen LogP contribution in [0.15, 0.2) is 30.5 Å². The van der Waals surface area contributed by atoms with Crippen molar-refractivity contribution in [2.24, 2.45) is 5.92 Å². The minimum absolute atomic E-state index is 0.217. The van der Waals surface area contributed by atoms with Gasteiger partial charge in [0.05, 0.1) is 6.61 Å². The van der Waals surface area contributed by atoms with Gasteiger partial charge < -0.3 is 34.0 Å². The number of imidazole rings is 1. The summed E-state index contributed by atoms with van der Waals surface area (Å²) in [5.74, 6) is 1.61. The molecule has 0 saturated carbocycles. The molecule has 0 bridgehead atoms. The molecule has 190 valence electrons. The highest BCUT2D eigenvalue weighted by Gasteiger charge is 2.29. The van der Waals surface area contributed by atoms with E-state index in [0.29, 0.717) is 50.9 Å². The first-order valence-electron chi connectivity index (χ1n) is 11.9. The molecule has 1 unspecified atom stereocenters. The zero-order chi connectivity index (χ0) is 25.0. The SMILES string of the molecule is CC(C)(C)OC(=O)N1CCC(COc2ccc(OCC3CCn4cc([N+](=O)[O-])nc4O3)cc2)CC1. The maximum Gasteiger partial charge on any atom is 0.414 e. The number of nitrogens with zero attached hydrogens (tertiary/aromatic N) is 4. The van der Waals surface area contributed by atoms with Gasteiger partial charge in [0.1, 0.15) is 36.0 Å². The Kier molecular flexibility index (Phi) is 7.32. The van der Waals surface area contributed by atoms with Gasteiger partial charge in [-0.2, -0.15) is 0 Å². The van der Waals surface area contributed by atoms with Crippen LogP contribution in [0.4, 0.5) is 10.6 Å². The van der Waals surface area contributed by atoms with E-state index in [1.807, 2.05) is 45.0 Å². The molecular formula is C24H32N4O7. The molecule has 2 aromatic rings. The first kappa shape index (κ1) is 24.6. The molecule has 1 aromatic heterocycles. The Morgan fingerprint density at radius 1 is 1.09 bits per heavy atom. The van der Waals surface area contributed by atoms with E-state index < -0.39 is 10.5 Å². The van der Waals surface area contributed by atoms with E-state index in [4.69, 9.17) is 18.9 Å². The number of carbonyl (C=O) groups excluding carboxylic acids is 1. The normalized spacial score (nSPS) is 18.4. The van der Waals surface area contributed by atoms with Crippen LogP contribution in [-0.2, 0) is 11.3 Å². The number of likely N-dealkylation sites (tertiary alicyclic amines) is 1. The largest absolute Gasteiger partial charge is 0.493 e. The number of ether oxygens (including phenoxy) is 4. The zero-order valence-electron chi connectivity index (χ0n) is 20.3. The van der Waals surface area contributed by atoms with Crippen LogP contribution >= 0.6 is 0 Å². The van der Waals surface area contributed by atoms with Crippen molar-refractivity contribution >= 4 is 11.9 Å². The molecule has 11 heteroatoms. The molecule has 1 aromatic carbocycles. The van der Waals surface area contributed by atoms with Gasteiger partial charge in [0, 0.05) is 31.0 Å². The molecule has 0 radical (unpaired) electrons. The maximum atomic E-state index is 12.2. The van der Waals surface area contributed by atoms with Crippen LogP contribution in [0.2, 0.25) is 0 Å². The van der Waals surface area contributed by atoms with Crippen LogP contribution in [0.1, 0.15) is 40.0 Å². The van der Waals surface area contributed by atoms with Crippen molar-refractivity contribution in [3.8, 4) is 17.5 Å². The molecule has 0 N–H and O–H groups in total. The monoisotopic (exact) mass is 488 g/mol. The van der Waals surface area contributed by atoms with Gasteiger partial charge in [0.25, 0.3) is 0 Å². The molecular weight excluding hydrogens is 456 g/mol. The fourth-order valence-electron chi connectivity index (χ4n) is 3.98. The highest BCUT2D eigenvalue weighted by atomic mass is 16.6. The average Bonchev–Trinajstić information content (AvgIpc) is 3.25. The zero-order valence-corrected chi connectivity index (χ0v) is 20.3. The third-order valence-electron chi connectivity index (χ3n) is 5.89. The van der Waals surface area contributed by atoms with Crippen molar-refractivity contribution in [1.29, 1.82) is 0 Å². The van der Waals surface area contributed by atoms with E-state index in [9.17, 15) is 14.9 Å². The molecule has 1 saturated heterocycles. The number of piperidine rings is 1. The Bertz CT molecular complexity index is 1020. The highest BCUT2D eigenvalue weighted by Crippen LogP contribution is 2.26. The summed E-state index contributed by atoms with van der Waals surface area (Å²) in [5.41, 5.74) is -0.483. The van der Waals surface area contributed by atoms with Crippen molar-refractivity contribution in [2.75, 3.05) is 26.3 Å². The molecule has 35 heavy (non-hydrogen) atoms. The van der Waals surface area contributed by atoms with Crippen LogP contribution < -0.4 is 14.2 Å². The first-order valence-corrected chi connectivity index (χ1v) is 11.9. The Morgan fingerprint density at radius 3 is 2.31 bits per heavy atom. The lowest BCUT2D eigenvalue weighted by Crippen LogP contribution is -2.42. The van der Waals surface area contributed by atoms with Gasteiger partial charge in [-0.05, 0) is 68.7 Å². The number of fused-ring (bicyclic) bond motifs is 1. The van der Waals surface area contributed by atoms with Crippen molar-refractivity contribution < 1.29 is 28.7 Å². The lowest BCUT2D eigenvalue weighted by molar-refractivity contribution is -0.389. The minimum Gasteiger partial charge on any atom is -0.493 e. The molecule has 2 aliphatic rings. The summed E-state index contributed by atoms with van der Waals surface area (Å²) < 4.78 is 24.6. The van der Waals surface area contributed by atoms with E-state index in [1.54, 1.807) is 9.47 Å². The standard InChI is InChI=1S/C24H32N4O7/c1-24(2,3)35-23(29)26-11-8-17(9-12-26)15-32-18-4-6-19(7-5-18)33-16-20-10-13-27-14-21(28(30)31)25-22(27)34-20/h4-7,14,17,20H,8-13,15-16H2,1-3H3. The van der Waals surface area contributed by atoms with Gasteiger partial charge in [-0.3, -0.25) is 4.57 Å². The summed E-state index contributed by atoms with van der Waals surface area (Å²) in [6.45, 7) is 8.46. The van der Waals surface area contributed by atoms with E-state index >= 15 is 0 Å². The summed E-state index contributed by atoms with van der Waals surface area (Å²) in [5, 5.41) is 10.9. The first-order chi connectivity index (χ1) is 16.7. The molecule has 1 fully saturated rings. The molecule has 0 spiro atoms. The van der Waals surface area contributed by atoms with E-state index in [2.05, 4.69) is 4.98 Å². The van der Waals surface area contributed by atoms with Crippen LogP contribution in [-0.4, -0.2) is 63.5 Å². The number of nitro groups is 1. The number of hydrogen-bond acceptors (Lipinski definition) is 8. The van der Waals surface area contributed by atoms with E-state index in [-0.39, 0.29) is 24.0 Å². The number of hydrogen-bond donors (Lipinski definition) is 0. The van der Waals surface area contributed by atoms with Gasteiger partial charge in [-0.15, -0.1) is 0 Å². The summed E-state index contributed by atoms with van der Waals surface area (Å²) in [6.07, 6.45) is 3.33. The number of aryl methyl sites for hydroxylation is 1. The van der Waals surface area contributed by atoms with Crippen LogP contribution in [0.5, 0.6) is 17.5 Å². The summed E-state index contributed by atoms with van der Waals surface area (Å²) >= 11 is 0. The van der Waals surface area contributed by atoms with Crippen molar-refractivity contribution in [3.05, 3.63) is 40.6 Å². The second kappa shape index (κ2) is 10.4. The molecule has 1 amide bonds. The summed E-state index contributed by atoms with van der Waals surface area (Å²) in [6, 6.07) is 7.66. The van der Waals surface area contributed by atoms with Crippen LogP contribution in [0.25, 0.3) is 0 Å². The van der Waals surface area contributed by atoms with E-state index in [1.165, 1.54) is 6.20 Å². The van der Waals surface area contributed by atoms with Crippen molar-refractivity contribution in [1.82, 2.24) is 14.5 Å². The van der Waals surface area contributed by atoms with Crippen LogP contribution in [0.3, 0.4) is 0 Å². The number of rotatable bonds is 7. The highest BCUT2D eigenvalue weighted by molar-refractivity contribution is 5.68.